The Morgan fingerprint density at radius 1 is 1.44 bits per heavy atom. The number of rotatable bonds is 4. The van der Waals surface area contributed by atoms with E-state index >= 15 is 0 Å². The lowest BCUT2D eigenvalue weighted by Gasteiger charge is -2.03. The number of ether oxygens (including phenoxy) is 2. The Bertz CT molecular complexity index is 518. The summed E-state index contributed by atoms with van der Waals surface area (Å²) in [6, 6.07) is 6.88. The SMILES string of the molecule is COCOc1ccc2cc(C(=O)O)[nH]c2c1. The lowest BCUT2D eigenvalue weighted by atomic mass is 10.2. The molecule has 0 spiro atoms. The van der Waals surface area contributed by atoms with Gasteiger partial charge in [-0.05, 0) is 18.2 Å². The number of H-pyrrole nitrogens is 1. The fraction of sp³-hybridized carbons (Fsp3) is 0.182. The number of aromatic carboxylic acids is 1. The molecule has 0 amide bonds. The summed E-state index contributed by atoms with van der Waals surface area (Å²) in [6.07, 6.45) is 0. The molecule has 16 heavy (non-hydrogen) atoms. The highest BCUT2D eigenvalue weighted by Crippen LogP contribution is 2.21. The third-order valence-corrected chi connectivity index (χ3v) is 2.17. The predicted molar refractivity (Wildman–Crippen MR) is 57.8 cm³/mol. The van der Waals surface area contributed by atoms with E-state index in [0.717, 1.165) is 10.9 Å². The second-order valence-corrected chi connectivity index (χ2v) is 3.29. The summed E-state index contributed by atoms with van der Waals surface area (Å²) in [5.74, 6) is -0.344. The van der Waals surface area contributed by atoms with Gasteiger partial charge in [-0.25, -0.2) is 4.79 Å². The summed E-state index contributed by atoms with van der Waals surface area (Å²) in [7, 11) is 1.54. The quantitative estimate of drug-likeness (QED) is 0.773. The van der Waals surface area contributed by atoms with Crippen molar-refractivity contribution >= 4 is 16.9 Å². The number of aromatic amines is 1. The van der Waals surface area contributed by atoms with Gasteiger partial charge in [-0.2, -0.15) is 0 Å². The van der Waals surface area contributed by atoms with E-state index in [-0.39, 0.29) is 12.5 Å². The Hall–Kier alpha value is -2.01. The topological polar surface area (TPSA) is 71.6 Å². The van der Waals surface area contributed by atoms with Crippen LogP contribution in [0.1, 0.15) is 10.5 Å². The van der Waals surface area contributed by atoms with E-state index in [4.69, 9.17) is 14.6 Å². The van der Waals surface area contributed by atoms with Crippen molar-refractivity contribution in [1.29, 1.82) is 0 Å². The number of hydrogen-bond acceptors (Lipinski definition) is 3. The first-order valence-corrected chi connectivity index (χ1v) is 4.68. The minimum absolute atomic E-state index is 0.165. The second-order valence-electron chi connectivity index (χ2n) is 3.29. The fourth-order valence-electron chi connectivity index (χ4n) is 1.44. The summed E-state index contributed by atoms with van der Waals surface area (Å²) in [5.41, 5.74) is 0.893. The molecule has 5 heteroatoms. The molecule has 0 atom stereocenters. The van der Waals surface area contributed by atoms with E-state index in [2.05, 4.69) is 4.98 Å². The molecule has 1 heterocycles. The summed E-state index contributed by atoms with van der Waals surface area (Å²) < 4.78 is 10.0. The third kappa shape index (κ3) is 1.99. The van der Waals surface area contributed by atoms with E-state index in [0.29, 0.717) is 5.75 Å². The van der Waals surface area contributed by atoms with Crippen LogP contribution in [0.25, 0.3) is 10.9 Å². The van der Waals surface area contributed by atoms with Gasteiger partial charge < -0.3 is 19.6 Å². The maximum absolute atomic E-state index is 10.7. The first-order chi connectivity index (χ1) is 7.70. The highest BCUT2D eigenvalue weighted by Gasteiger charge is 2.07. The molecule has 0 unspecified atom stereocenters. The van der Waals surface area contributed by atoms with Crippen LogP contribution in [-0.4, -0.2) is 30.0 Å². The summed E-state index contributed by atoms with van der Waals surface area (Å²) in [4.78, 5) is 13.5. The number of aromatic nitrogens is 1. The van der Waals surface area contributed by atoms with Crippen LogP contribution in [0.15, 0.2) is 24.3 Å². The lowest BCUT2D eigenvalue weighted by molar-refractivity contribution is 0.0512. The van der Waals surface area contributed by atoms with Crippen molar-refractivity contribution in [3.8, 4) is 5.75 Å². The first kappa shape index (κ1) is 10.5. The van der Waals surface area contributed by atoms with Gasteiger partial charge in [0.25, 0.3) is 0 Å². The molecule has 0 fully saturated rings. The summed E-state index contributed by atoms with van der Waals surface area (Å²) in [6.45, 7) is 0.165. The van der Waals surface area contributed by atoms with Gasteiger partial charge in [-0.1, -0.05) is 0 Å². The standard InChI is InChI=1S/C11H11NO4/c1-15-6-16-8-3-2-7-4-10(11(13)14)12-9(7)5-8/h2-5,12H,6H2,1H3,(H,13,14). The Balaban J connectivity index is 2.34. The fourth-order valence-corrected chi connectivity index (χ4v) is 1.44. The van der Waals surface area contributed by atoms with Crippen molar-refractivity contribution in [2.24, 2.45) is 0 Å². The number of carboxylic acid groups (broad SMARTS) is 1. The van der Waals surface area contributed by atoms with Crippen LogP contribution >= 0.6 is 0 Å². The zero-order chi connectivity index (χ0) is 11.5. The number of hydrogen-bond donors (Lipinski definition) is 2. The first-order valence-electron chi connectivity index (χ1n) is 4.68. The van der Waals surface area contributed by atoms with Crippen molar-refractivity contribution in [3.05, 3.63) is 30.0 Å². The monoisotopic (exact) mass is 221 g/mol. The van der Waals surface area contributed by atoms with Crippen LogP contribution < -0.4 is 4.74 Å². The van der Waals surface area contributed by atoms with Gasteiger partial charge in [0.05, 0.1) is 0 Å². The molecular formula is C11H11NO4. The van der Waals surface area contributed by atoms with Crippen molar-refractivity contribution in [2.45, 2.75) is 0 Å². The number of methoxy groups -OCH3 is 1. The van der Waals surface area contributed by atoms with E-state index in [1.165, 1.54) is 7.11 Å². The third-order valence-electron chi connectivity index (χ3n) is 2.17. The number of carbonyl (C=O) groups is 1. The maximum Gasteiger partial charge on any atom is 0.352 e. The zero-order valence-corrected chi connectivity index (χ0v) is 8.69. The average molecular weight is 221 g/mol. The maximum atomic E-state index is 10.7. The molecule has 84 valence electrons. The molecule has 2 N–H and O–H groups in total. The number of benzene rings is 1. The predicted octanol–water partition coefficient (Wildman–Crippen LogP) is 1.85. The molecule has 0 saturated carbocycles. The second kappa shape index (κ2) is 4.24. The van der Waals surface area contributed by atoms with Gasteiger partial charge in [-0.15, -0.1) is 0 Å². The minimum atomic E-state index is -0.976. The van der Waals surface area contributed by atoms with Crippen LogP contribution in [0.4, 0.5) is 0 Å². The van der Waals surface area contributed by atoms with Crippen LogP contribution in [0.2, 0.25) is 0 Å². The highest BCUT2D eigenvalue weighted by molar-refractivity contribution is 5.94. The molecule has 2 rings (SSSR count). The highest BCUT2D eigenvalue weighted by atomic mass is 16.7. The number of fused-ring (bicyclic) bond motifs is 1. The number of carboxylic acids is 1. The summed E-state index contributed by atoms with van der Waals surface area (Å²) in [5, 5.41) is 9.65. The largest absolute Gasteiger partial charge is 0.477 e. The van der Waals surface area contributed by atoms with Crippen LogP contribution in [-0.2, 0) is 4.74 Å². The smallest absolute Gasteiger partial charge is 0.352 e. The average Bonchev–Trinajstić information content (AvgIpc) is 2.69. The van der Waals surface area contributed by atoms with Gasteiger partial charge in [0, 0.05) is 24.1 Å². The Kier molecular flexibility index (Phi) is 2.78. The van der Waals surface area contributed by atoms with Gasteiger partial charge in [0.15, 0.2) is 6.79 Å². The molecular weight excluding hydrogens is 210 g/mol. The number of nitrogens with one attached hydrogen (secondary N) is 1. The molecule has 1 aromatic carbocycles. The Morgan fingerprint density at radius 3 is 2.94 bits per heavy atom. The molecule has 0 radical (unpaired) electrons. The molecule has 0 aliphatic heterocycles. The molecule has 2 aromatic rings. The van der Waals surface area contributed by atoms with E-state index in [1.807, 2.05) is 0 Å². The molecule has 0 bridgehead atoms. The van der Waals surface area contributed by atoms with Gasteiger partial charge >= 0.3 is 5.97 Å². The molecule has 5 nitrogen and oxygen atoms in total. The van der Waals surface area contributed by atoms with E-state index < -0.39 is 5.97 Å². The van der Waals surface area contributed by atoms with Crippen molar-refractivity contribution < 1.29 is 19.4 Å². The zero-order valence-electron chi connectivity index (χ0n) is 8.69. The van der Waals surface area contributed by atoms with Crippen LogP contribution in [0.3, 0.4) is 0 Å². The Labute approximate surface area is 91.6 Å². The van der Waals surface area contributed by atoms with E-state index in [1.54, 1.807) is 24.3 Å². The van der Waals surface area contributed by atoms with Crippen LogP contribution in [0, 0.1) is 0 Å². The molecule has 1 aromatic heterocycles. The van der Waals surface area contributed by atoms with Gasteiger partial charge in [0.2, 0.25) is 0 Å². The molecule has 0 saturated heterocycles. The van der Waals surface area contributed by atoms with Gasteiger partial charge in [0.1, 0.15) is 11.4 Å². The van der Waals surface area contributed by atoms with Crippen molar-refractivity contribution in [1.82, 2.24) is 4.98 Å². The normalized spacial score (nSPS) is 10.6. The van der Waals surface area contributed by atoms with Crippen LogP contribution in [0.5, 0.6) is 5.75 Å². The lowest BCUT2D eigenvalue weighted by Crippen LogP contribution is -1.98. The van der Waals surface area contributed by atoms with E-state index in [9.17, 15) is 4.79 Å². The Morgan fingerprint density at radius 2 is 2.25 bits per heavy atom. The van der Waals surface area contributed by atoms with Gasteiger partial charge in [-0.3, -0.25) is 0 Å². The van der Waals surface area contributed by atoms with Crippen molar-refractivity contribution in [2.75, 3.05) is 13.9 Å². The van der Waals surface area contributed by atoms with Crippen molar-refractivity contribution in [3.63, 3.8) is 0 Å². The minimum Gasteiger partial charge on any atom is -0.477 e. The summed E-state index contributed by atoms with van der Waals surface area (Å²) >= 11 is 0. The molecule has 0 aliphatic carbocycles. The molecule has 0 aliphatic rings.